The first kappa shape index (κ1) is 12.3. The zero-order valence-electron chi connectivity index (χ0n) is 10.5. The van der Waals surface area contributed by atoms with Gasteiger partial charge in [-0.2, -0.15) is 0 Å². The minimum Gasteiger partial charge on any atom is -0.355 e. The van der Waals surface area contributed by atoms with Crippen LogP contribution in [0.3, 0.4) is 0 Å². The number of pyridine rings is 1. The second kappa shape index (κ2) is 5.48. The van der Waals surface area contributed by atoms with Gasteiger partial charge < -0.3 is 5.32 Å². The molecule has 2 aromatic rings. The molecule has 2 heterocycles. The Morgan fingerprint density at radius 1 is 1.37 bits per heavy atom. The molecule has 19 heavy (non-hydrogen) atoms. The molecule has 0 saturated heterocycles. The molecule has 1 aliphatic carbocycles. The molecular formula is C14H15N3OS. The van der Waals surface area contributed by atoms with Gasteiger partial charge in [-0.3, -0.25) is 9.78 Å². The molecule has 1 aliphatic rings. The minimum atomic E-state index is 0.199. The summed E-state index contributed by atoms with van der Waals surface area (Å²) in [5, 5.41) is 6.02. The summed E-state index contributed by atoms with van der Waals surface area (Å²) in [5.41, 5.74) is 2.13. The average molecular weight is 273 g/mol. The van der Waals surface area contributed by atoms with Crippen LogP contribution in [0.15, 0.2) is 29.9 Å². The maximum atomic E-state index is 11.5. The van der Waals surface area contributed by atoms with Gasteiger partial charge in [-0.15, -0.1) is 11.3 Å². The lowest BCUT2D eigenvalue weighted by molar-refractivity contribution is -0.122. The first-order chi connectivity index (χ1) is 9.33. The van der Waals surface area contributed by atoms with E-state index >= 15 is 0 Å². The van der Waals surface area contributed by atoms with E-state index in [1.165, 1.54) is 0 Å². The van der Waals surface area contributed by atoms with Gasteiger partial charge in [0.05, 0.1) is 5.69 Å². The quantitative estimate of drug-likeness (QED) is 0.909. The molecule has 1 amide bonds. The van der Waals surface area contributed by atoms with E-state index in [1.807, 2.05) is 12.1 Å². The Kier molecular flexibility index (Phi) is 3.55. The molecule has 98 valence electrons. The molecule has 4 nitrogen and oxygen atoms in total. The van der Waals surface area contributed by atoms with E-state index in [1.54, 1.807) is 23.7 Å². The average Bonchev–Trinajstić information content (AvgIpc) is 3.20. The van der Waals surface area contributed by atoms with Gasteiger partial charge in [-0.25, -0.2) is 4.98 Å². The summed E-state index contributed by atoms with van der Waals surface area (Å²) >= 11 is 1.63. The topological polar surface area (TPSA) is 54.9 Å². The lowest BCUT2D eigenvalue weighted by atomic mass is 10.3. The van der Waals surface area contributed by atoms with Crippen molar-refractivity contribution in [2.75, 3.05) is 6.54 Å². The van der Waals surface area contributed by atoms with Crippen LogP contribution in [0.1, 0.15) is 18.5 Å². The van der Waals surface area contributed by atoms with E-state index < -0.39 is 0 Å². The van der Waals surface area contributed by atoms with Gasteiger partial charge in [0.15, 0.2) is 0 Å². The number of nitrogens with zero attached hydrogens (tertiary/aromatic N) is 2. The van der Waals surface area contributed by atoms with Crippen LogP contribution < -0.4 is 5.32 Å². The largest absolute Gasteiger partial charge is 0.355 e. The van der Waals surface area contributed by atoms with Gasteiger partial charge >= 0.3 is 0 Å². The minimum absolute atomic E-state index is 0.199. The van der Waals surface area contributed by atoms with Crippen molar-refractivity contribution in [3.05, 3.63) is 35.6 Å². The van der Waals surface area contributed by atoms with Crippen molar-refractivity contribution in [1.29, 1.82) is 0 Å². The van der Waals surface area contributed by atoms with E-state index in [9.17, 15) is 4.79 Å². The Labute approximate surface area is 115 Å². The molecule has 0 bridgehead atoms. The Hall–Kier alpha value is -1.75. The first-order valence-electron chi connectivity index (χ1n) is 6.45. The molecule has 1 N–H and O–H groups in total. The van der Waals surface area contributed by atoms with Crippen molar-refractivity contribution in [1.82, 2.24) is 15.3 Å². The predicted octanol–water partition coefficient (Wildman–Crippen LogP) is 2.27. The molecule has 1 saturated carbocycles. The highest BCUT2D eigenvalue weighted by atomic mass is 32.1. The zero-order chi connectivity index (χ0) is 13.1. The summed E-state index contributed by atoms with van der Waals surface area (Å²) in [5.74, 6) is 0.479. The van der Waals surface area contributed by atoms with Crippen LogP contribution in [0.2, 0.25) is 0 Å². The fourth-order valence-corrected chi connectivity index (χ4v) is 2.71. The van der Waals surface area contributed by atoms with Crippen LogP contribution in [0.25, 0.3) is 10.6 Å². The molecule has 0 radical (unpaired) electrons. The molecule has 1 fully saturated rings. The fourth-order valence-electron chi connectivity index (χ4n) is 1.85. The second-order valence-corrected chi connectivity index (χ2v) is 5.55. The third kappa shape index (κ3) is 3.17. The molecule has 3 rings (SSSR count). The van der Waals surface area contributed by atoms with E-state index in [2.05, 4.69) is 20.7 Å². The van der Waals surface area contributed by atoms with E-state index in [0.29, 0.717) is 6.54 Å². The van der Waals surface area contributed by atoms with Crippen molar-refractivity contribution in [2.45, 2.75) is 19.3 Å². The third-order valence-corrected chi connectivity index (χ3v) is 4.05. The number of rotatable bonds is 5. The smallest absolute Gasteiger partial charge is 0.223 e. The Bertz CT molecular complexity index is 563. The van der Waals surface area contributed by atoms with Crippen molar-refractivity contribution in [3.8, 4) is 10.6 Å². The van der Waals surface area contributed by atoms with Gasteiger partial charge in [0.2, 0.25) is 5.91 Å². The normalized spacial score (nSPS) is 14.3. The summed E-state index contributed by atoms with van der Waals surface area (Å²) in [6.45, 7) is 0.675. The molecule has 0 spiro atoms. The van der Waals surface area contributed by atoms with Gasteiger partial charge in [0, 0.05) is 42.2 Å². The molecule has 2 aromatic heterocycles. The molecule has 0 aliphatic heterocycles. The zero-order valence-corrected chi connectivity index (χ0v) is 11.3. The van der Waals surface area contributed by atoms with E-state index in [0.717, 1.165) is 35.5 Å². The van der Waals surface area contributed by atoms with Crippen molar-refractivity contribution in [2.24, 2.45) is 5.92 Å². The Morgan fingerprint density at radius 3 is 2.89 bits per heavy atom. The number of amides is 1. The highest BCUT2D eigenvalue weighted by Gasteiger charge is 2.29. The van der Waals surface area contributed by atoms with Gasteiger partial charge in [-0.1, -0.05) is 0 Å². The van der Waals surface area contributed by atoms with Crippen LogP contribution in [0, 0.1) is 5.92 Å². The molecule has 0 aromatic carbocycles. The van der Waals surface area contributed by atoms with Gasteiger partial charge in [0.25, 0.3) is 0 Å². The van der Waals surface area contributed by atoms with Crippen LogP contribution in [-0.2, 0) is 11.2 Å². The number of carbonyl (C=O) groups is 1. The summed E-state index contributed by atoms with van der Waals surface area (Å²) in [6.07, 6.45) is 6.43. The number of hydrogen-bond acceptors (Lipinski definition) is 4. The fraction of sp³-hybridized carbons (Fsp3) is 0.357. The molecule has 0 unspecified atom stereocenters. The van der Waals surface area contributed by atoms with Crippen LogP contribution in [0.5, 0.6) is 0 Å². The maximum absolute atomic E-state index is 11.5. The number of hydrogen-bond donors (Lipinski definition) is 1. The second-order valence-electron chi connectivity index (χ2n) is 4.70. The lowest BCUT2D eigenvalue weighted by Gasteiger charge is -2.01. The predicted molar refractivity (Wildman–Crippen MR) is 74.8 cm³/mol. The lowest BCUT2D eigenvalue weighted by Crippen LogP contribution is -2.26. The summed E-state index contributed by atoms with van der Waals surface area (Å²) in [6, 6.07) is 3.91. The highest BCUT2D eigenvalue weighted by Crippen LogP contribution is 2.28. The standard InChI is InChI=1S/C14H15N3OS/c18-13(10-1-2-10)16-8-5-12-9-19-14(17-12)11-3-6-15-7-4-11/h3-4,6-7,9-10H,1-2,5,8H2,(H,16,18). The first-order valence-corrected chi connectivity index (χ1v) is 7.33. The van der Waals surface area contributed by atoms with Crippen molar-refractivity contribution in [3.63, 3.8) is 0 Å². The third-order valence-electron chi connectivity index (χ3n) is 3.11. The molecular weight excluding hydrogens is 258 g/mol. The highest BCUT2D eigenvalue weighted by molar-refractivity contribution is 7.13. The summed E-state index contributed by atoms with van der Waals surface area (Å²) in [7, 11) is 0. The number of nitrogens with one attached hydrogen (secondary N) is 1. The van der Waals surface area contributed by atoms with E-state index in [4.69, 9.17) is 0 Å². The van der Waals surface area contributed by atoms with Crippen LogP contribution in [0.4, 0.5) is 0 Å². The van der Waals surface area contributed by atoms with Crippen molar-refractivity contribution < 1.29 is 4.79 Å². The molecule has 0 atom stereocenters. The number of carbonyl (C=O) groups excluding carboxylic acids is 1. The number of thiazole rings is 1. The van der Waals surface area contributed by atoms with Gasteiger partial charge in [-0.05, 0) is 25.0 Å². The Balaban J connectivity index is 1.54. The van der Waals surface area contributed by atoms with E-state index in [-0.39, 0.29) is 11.8 Å². The SMILES string of the molecule is O=C(NCCc1csc(-c2ccncc2)n1)C1CC1. The molecule has 5 heteroatoms. The summed E-state index contributed by atoms with van der Waals surface area (Å²) < 4.78 is 0. The van der Waals surface area contributed by atoms with Crippen LogP contribution in [-0.4, -0.2) is 22.4 Å². The maximum Gasteiger partial charge on any atom is 0.223 e. The summed E-state index contributed by atoms with van der Waals surface area (Å²) in [4.78, 5) is 20.1. The number of aromatic nitrogens is 2. The van der Waals surface area contributed by atoms with Crippen molar-refractivity contribution >= 4 is 17.2 Å². The Morgan fingerprint density at radius 2 is 2.16 bits per heavy atom. The van der Waals surface area contributed by atoms with Gasteiger partial charge in [0.1, 0.15) is 5.01 Å². The monoisotopic (exact) mass is 273 g/mol. The van der Waals surface area contributed by atoms with Crippen LogP contribution >= 0.6 is 11.3 Å².